The van der Waals surface area contributed by atoms with Gasteiger partial charge in [-0.15, -0.1) is 0 Å². The highest BCUT2D eigenvalue weighted by Gasteiger charge is 2.19. The molecule has 92 valence electrons. The highest BCUT2D eigenvalue weighted by atomic mass is 16.4. The molecule has 0 saturated heterocycles. The molecular weight excluding hydrogens is 220 g/mol. The lowest BCUT2D eigenvalue weighted by Gasteiger charge is -2.14. The number of rotatable bonds is 5. The van der Waals surface area contributed by atoms with Gasteiger partial charge in [-0.25, -0.2) is 0 Å². The van der Waals surface area contributed by atoms with Crippen molar-refractivity contribution >= 4 is 11.9 Å². The van der Waals surface area contributed by atoms with Crippen LogP contribution in [0.4, 0.5) is 0 Å². The Hall–Kier alpha value is -1.88. The van der Waals surface area contributed by atoms with Gasteiger partial charge in [0.2, 0.25) is 5.91 Å². The molecule has 0 aromatic heterocycles. The first-order chi connectivity index (χ1) is 8.00. The van der Waals surface area contributed by atoms with Crippen molar-refractivity contribution in [3.8, 4) is 0 Å². The van der Waals surface area contributed by atoms with Crippen molar-refractivity contribution in [1.29, 1.82) is 0 Å². The normalized spacial score (nSPS) is 13.8. The molecule has 0 heterocycles. The smallest absolute Gasteiger partial charge is 0.325 e. The molecule has 1 aromatic carbocycles. The number of carbonyl (C=O) groups excluding carboxylic acids is 1. The van der Waals surface area contributed by atoms with Crippen LogP contribution in [-0.2, 0) is 16.0 Å². The third kappa shape index (κ3) is 4.24. The van der Waals surface area contributed by atoms with E-state index in [0.717, 1.165) is 5.56 Å². The van der Waals surface area contributed by atoms with Crippen LogP contribution in [0.15, 0.2) is 30.3 Å². The summed E-state index contributed by atoms with van der Waals surface area (Å²) >= 11 is 0. The van der Waals surface area contributed by atoms with E-state index in [1.165, 1.54) is 6.92 Å². The zero-order valence-corrected chi connectivity index (χ0v) is 9.59. The van der Waals surface area contributed by atoms with E-state index in [2.05, 4.69) is 5.32 Å². The van der Waals surface area contributed by atoms with E-state index < -0.39 is 24.0 Å². The highest BCUT2D eigenvalue weighted by molar-refractivity contribution is 5.86. The van der Waals surface area contributed by atoms with Crippen LogP contribution < -0.4 is 11.1 Å². The van der Waals surface area contributed by atoms with Gasteiger partial charge in [0.25, 0.3) is 0 Å². The molecule has 2 atom stereocenters. The summed E-state index contributed by atoms with van der Waals surface area (Å²) in [6, 6.07) is 7.67. The molecule has 17 heavy (non-hydrogen) atoms. The first-order valence-corrected chi connectivity index (χ1v) is 5.33. The van der Waals surface area contributed by atoms with Crippen molar-refractivity contribution in [3.63, 3.8) is 0 Å². The van der Waals surface area contributed by atoms with E-state index in [-0.39, 0.29) is 0 Å². The lowest BCUT2D eigenvalue weighted by Crippen LogP contribution is -2.47. The third-order valence-corrected chi connectivity index (χ3v) is 2.36. The molecule has 5 nitrogen and oxygen atoms in total. The van der Waals surface area contributed by atoms with Crippen LogP contribution >= 0.6 is 0 Å². The van der Waals surface area contributed by atoms with E-state index in [0.29, 0.717) is 6.42 Å². The first-order valence-electron chi connectivity index (χ1n) is 5.33. The zero-order chi connectivity index (χ0) is 12.8. The van der Waals surface area contributed by atoms with E-state index >= 15 is 0 Å². The van der Waals surface area contributed by atoms with Crippen LogP contribution in [0.25, 0.3) is 0 Å². The number of carboxylic acids is 1. The molecule has 2 unspecified atom stereocenters. The van der Waals surface area contributed by atoms with Gasteiger partial charge in [-0.05, 0) is 18.9 Å². The summed E-state index contributed by atoms with van der Waals surface area (Å²) < 4.78 is 0. The lowest BCUT2D eigenvalue weighted by molar-refractivity contribution is -0.141. The molecule has 0 saturated carbocycles. The summed E-state index contributed by atoms with van der Waals surface area (Å²) in [6.07, 6.45) is 0.388. The van der Waals surface area contributed by atoms with Crippen molar-refractivity contribution < 1.29 is 14.7 Å². The van der Waals surface area contributed by atoms with Gasteiger partial charge >= 0.3 is 5.97 Å². The minimum atomic E-state index is -1.08. The molecule has 0 aliphatic carbocycles. The lowest BCUT2D eigenvalue weighted by atomic mass is 10.1. The number of aliphatic carboxylic acids is 1. The molecule has 5 heteroatoms. The predicted octanol–water partition coefficient (Wildman–Crippen LogP) is 0.146. The topological polar surface area (TPSA) is 92.4 Å². The van der Waals surface area contributed by atoms with Crippen LogP contribution in [0.1, 0.15) is 12.5 Å². The molecule has 0 bridgehead atoms. The maximum absolute atomic E-state index is 11.6. The molecule has 0 spiro atoms. The second-order valence-corrected chi connectivity index (χ2v) is 3.86. The number of nitrogens with one attached hydrogen (secondary N) is 1. The van der Waals surface area contributed by atoms with E-state index in [1.54, 1.807) is 0 Å². The average Bonchev–Trinajstić information content (AvgIpc) is 2.29. The fourth-order valence-electron chi connectivity index (χ4n) is 1.34. The van der Waals surface area contributed by atoms with Crippen LogP contribution in [-0.4, -0.2) is 29.1 Å². The SMILES string of the molecule is CC(NC(=O)C(N)Cc1ccccc1)C(=O)O. The Morgan fingerprint density at radius 2 is 1.94 bits per heavy atom. The zero-order valence-electron chi connectivity index (χ0n) is 9.59. The summed E-state index contributed by atoms with van der Waals surface area (Å²) in [6.45, 7) is 1.40. The number of hydrogen-bond acceptors (Lipinski definition) is 3. The van der Waals surface area contributed by atoms with E-state index in [9.17, 15) is 9.59 Å². The number of carboxylic acid groups (broad SMARTS) is 1. The molecule has 0 aliphatic rings. The Morgan fingerprint density at radius 3 is 2.47 bits per heavy atom. The number of hydrogen-bond donors (Lipinski definition) is 3. The van der Waals surface area contributed by atoms with Gasteiger partial charge in [0.15, 0.2) is 0 Å². The second kappa shape index (κ2) is 6.00. The van der Waals surface area contributed by atoms with Crippen molar-refractivity contribution in [1.82, 2.24) is 5.32 Å². The Labute approximate surface area is 99.6 Å². The van der Waals surface area contributed by atoms with E-state index in [1.807, 2.05) is 30.3 Å². The Morgan fingerprint density at radius 1 is 1.35 bits per heavy atom. The monoisotopic (exact) mass is 236 g/mol. The second-order valence-electron chi connectivity index (χ2n) is 3.86. The van der Waals surface area contributed by atoms with E-state index in [4.69, 9.17) is 10.8 Å². The molecule has 0 radical (unpaired) electrons. The minimum Gasteiger partial charge on any atom is -0.480 e. The van der Waals surface area contributed by atoms with Gasteiger partial charge in [-0.3, -0.25) is 9.59 Å². The predicted molar refractivity (Wildman–Crippen MR) is 63.4 cm³/mol. The van der Waals surface area contributed by atoms with Crippen molar-refractivity contribution in [2.24, 2.45) is 5.73 Å². The maximum atomic E-state index is 11.6. The molecule has 1 amide bonds. The van der Waals surface area contributed by atoms with Crippen molar-refractivity contribution in [3.05, 3.63) is 35.9 Å². The fraction of sp³-hybridized carbons (Fsp3) is 0.333. The third-order valence-electron chi connectivity index (χ3n) is 2.36. The summed E-state index contributed by atoms with van der Waals surface area (Å²) in [5.41, 5.74) is 6.64. The van der Waals surface area contributed by atoms with Crippen molar-refractivity contribution in [2.45, 2.75) is 25.4 Å². The average molecular weight is 236 g/mol. The maximum Gasteiger partial charge on any atom is 0.325 e. The minimum absolute atomic E-state index is 0.388. The van der Waals surface area contributed by atoms with Crippen LogP contribution in [0, 0.1) is 0 Å². The van der Waals surface area contributed by atoms with Gasteiger partial charge in [0.05, 0.1) is 6.04 Å². The number of benzene rings is 1. The van der Waals surface area contributed by atoms with Gasteiger partial charge in [0.1, 0.15) is 6.04 Å². The fourth-order valence-corrected chi connectivity index (χ4v) is 1.34. The van der Waals surface area contributed by atoms with Gasteiger partial charge in [-0.1, -0.05) is 30.3 Å². The van der Waals surface area contributed by atoms with Crippen LogP contribution in [0.5, 0.6) is 0 Å². The molecule has 1 aromatic rings. The number of nitrogens with two attached hydrogens (primary N) is 1. The first kappa shape index (κ1) is 13.2. The number of amides is 1. The molecular formula is C12H16N2O3. The van der Waals surface area contributed by atoms with Gasteiger partial charge in [0, 0.05) is 0 Å². The highest BCUT2D eigenvalue weighted by Crippen LogP contribution is 2.02. The standard InChI is InChI=1S/C12H16N2O3/c1-8(12(16)17)14-11(15)10(13)7-9-5-3-2-4-6-9/h2-6,8,10H,7,13H2,1H3,(H,14,15)(H,16,17). The largest absolute Gasteiger partial charge is 0.480 e. The van der Waals surface area contributed by atoms with Gasteiger partial charge < -0.3 is 16.2 Å². The summed E-state index contributed by atoms with van der Waals surface area (Å²) in [5.74, 6) is -1.53. The summed E-state index contributed by atoms with van der Waals surface area (Å²) in [7, 11) is 0. The molecule has 4 N–H and O–H groups in total. The van der Waals surface area contributed by atoms with Gasteiger partial charge in [-0.2, -0.15) is 0 Å². The number of carbonyl (C=O) groups is 2. The quantitative estimate of drug-likeness (QED) is 0.678. The Balaban J connectivity index is 2.50. The summed E-state index contributed by atoms with van der Waals surface area (Å²) in [4.78, 5) is 22.1. The summed E-state index contributed by atoms with van der Waals surface area (Å²) in [5, 5.41) is 11.0. The Kier molecular flexibility index (Phi) is 4.66. The molecule has 0 fully saturated rings. The van der Waals surface area contributed by atoms with Crippen LogP contribution in [0.3, 0.4) is 0 Å². The Bertz CT molecular complexity index is 392. The van der Waals surface area contributed by atoms with Crippen molar-refractivity contribution in [2.75, 3.05) is 0 Å². The molecule has 1 rings (SSSR count). The van der Waals surface area contributed by atoms with Crippen LogP contribution in [0.2, 0.25) is 0 Å². The molecule has 0 aliphatic heterocycles.